The molecule has 0 aliphatic carbocycles. The molecule has 5 nitrogen and oxygen atoms in total. The quantitative estimate of drug-likeness (QED) is 0.760. The average molecular weight is 362 g/mol. The standard InChI is InChI=1S/C19H26N2O3S/c1-20(12-13-24-2)15-18-8-5-11-21(18)25(22,23)19-10-9-16-6-3-4-7-17(16)14-19/h3-4,6-7,9-10,14,18H,5,8,11-13,15H2,1-2H3/t18-/m0/s1. The summed E-state index contributed by atoms with van der Waals surface area (Å²) in [5.41, 5.74) is 0. The Balaban J connectivity index is 1.81. The van der Waals surface area contributed by atoms with Gasteiger partial charge in [0.2, 0.25) is 10.0 Å². The fourth-order valence-electron chi connectivity index (χ4n) is 3.47. The summed E-state index contributed by atoms with van der Waals surface area (Å²) < 4.78 is 33.1. The van der Waals surface area contributed by atoms with E-state index < -0.39 is 10.0 Å². The Labute approximate surface area is 150 Å². The molecule has 0 saturated carbocycles. The second-order valence-electron chi connectivity index (χ2n) is 6.68. The molecule has 0 unspecified atom stereocenters. The van der Waals surface area contributed by atoms with Crippen molar-refractivity contribution in [1.82, 2.24) is 9.21 Å². The van der Waals surface area contributed by atoms with Crippen LogP contribution in [-0.2, 0) is 14.8 Å². The summed E-state index contributed by atoms with van der Waals surface area (Å²) in [5, 5.41) is 2.01. The van der Waals surface area contributed by atoms with Crippen molar-refractivity contribution in [2.75, 3.05) is 40.4 Å². The Morgan fingerprint density at radius 2 is 1.96 bits per heavy atom. The molecule has 0 aromatic heterocycles. The molecular formula is C19H26N2O3S. The van der Waals surface area contributed by atoms with Crippen LogP contribution in [0.5, 0.6) is 0 Å². The van der Waals surface area contributed by atoms with E-state index in [4.69, 9.17) is 4.74 Å². The largest absolute Gasteiger partial charge is 0.383 e. The normalized spacial score (nSPS) is 19.1. The number of likely N-dealkylation sites (N-methyl/N-ethyl adjacent to an activating group) is 1. The van der Waals surface area contributed by atoms with Gasteiger partial charge in [0.05, 0.1) is 11.5 Å². The second kappa shape index (κ2) is 7.83. The molecule has 136 valence electrons. The molecule has 0 bridgehead atoms. The average Bonchev–Trinajstić information content (AvgIpc) is 3.08. The third kappa shape index (κ3) is 4.03. The maximum absolute atomic E-state index is 13.2. The molecule has 1 heterocycles. The summed E-state index contributed by atoms with van der Waals surface area (Å²) in [4.78, 5) is 2.53. The first-order valence-electron chi connectivity index (χ1n) is 8.70. The van der Waals surface area contributed by atoms with Gasteiger partial charge in [0.1, 0.15) is 0 Å². The zero-order chi connectivity index (χ0) is 17.9. The molecule has 1 atom stereocenters. The zero-order valence-electron chi connectivity index (χ0n) is 14.9. The molecule has 25 heavy (non-hydrogen) atoms. The van der Waals surface area contributed by atoms with Crippen LogP contribution in [0, 0.1) is 0 Å². The molecule has 2 aromatic rings. The van der Waals surface area contributed by atoms with Crippen LogP contribution in [0.15, 0.2) is 47.4 Å². The van der Waals surface area contributed by atoms with Gasteiger partial charge in [0.15, 0.2) is 0 Å². The van der Waals surface area contributed by atoms with Crippen molar-refractivity contribution in [2.45, 2.75) is 23.8 Å². The third-order valence-electron chi connectivity index (χ3n) is 4.85. The highest BCUT2D eigenvalue weighted by atomic mass is 32.2. The van der Waals surface area contributed by atoms with Crippen molar-refractivity contribution in [2.24, 2.45) is 0 Å². The van der Waals surface area contributed by atoms with Gasteiger partial charge in [0.25, 0.3) is 0 Å². The number of hydrogen-bond donors (Lipinski definition) is 0. The highest BCUT2D eigenvalue weighted by Crippen LogP contribution is 2.28. The molecule has 1 fully saturated rings. The maximum Gasteiger partial charge on any atom is 0.243 e. The van der Waals surface area contributed by atoms with Gasteiger partial charge in [-0.1, -0.05) is 30.3 Å². The van der Waals surface area contributed by atoms with E-state index in [9.17, 15) is 8.42 Å². The molecular weight excluding hydrogens is 336 g/mol. The van der Waals surface area contributed by atoms with E-state index in [-0.39, 0.29) is 6.04 Å². The topological polar surface area (TPSA) is 49.9 Å². The first kappa shape index (κ1) is 18.3. The van der Waals surface area contributed by atoms with E-state index in [1.807, 2.05) is 37.4 Å². The van der Waals surface area contributed by atoms with Crippen LogP contribution in [-0.4, -0.2) is 64.1 Å². The second-order valence-corrected chi connectivity index (χ2v) is 8.57. The van der Waals surface area contributed by atoms with E-state index in [0.717, 1.165) is 36.7 Å². The molecule has 2 aromatic carbocycles. The Kier molecular flexibility index (Phi) is 5.74. The highest BCUT2D eigenvalue weighted by Gasteiger charge is 2.35. The van der Waals surface area contributed by atoms with Crippen molar-refractivity contribution < 1.29 is 13.2 Å². The number of fused-ring (bicyclic) bond motifs is 1. The Hall–Kier alpha value is -1.47. The Morgan fingerprint density at radius 1 is 1.20 bits per heavy atom. The van der Waals surface area contributed by atoms with Gasteiger partial charge in [-0.3, -0.25) is 0 Å². The highest BCUT2D eigenvalue weighted by molar-refractivity contribution is 7.89. The van der Waals surface area contributed by atoms with Gasteiger partial charge < -0.3 is 9.64 Å². The Bertz CT molecular complexity index is 822. The zero-order valence-corrected chi connectivity index (χ0v) is 15.7. The minimum atomic E-state index is -3.47. The van der Waals surface area contributed by atoms with Gasteiger partial charge in [-0.2, -0.15) is 4.31 Å². The minimum absolute atomic E-state index is 0.0262. The first-order chi connectivity index (χ1) is 12.0. The molecule has 0 spiro atoms. The lowest BCUT2D eigenvalue weighted by atomic mass is 10.1. The van der Waals surface area contributed by atoms with Crippen molar-refractivity contribution in [3.8, 4) is 0 Å². The summed E-state index contributed by atoms with van der Waals surface area (Å²) in [7, 11) is 0.222. The monoisotopic (exact) mass is 362 g/mol. The smallest absolute Gasteiger partial charge is 0.243 e. The van der Waals surface area contributed by atoms with Gasteiger partial charge in [-0.15, -0.1) is 0 Å². The number of rotatable bonds is 7. The summed E-state index contributed by atoms with van der Waals surface area (Å²) >= 11 is 0. The SMILES string of the molecule is COCCN(C)C[C@@H]1CCCN1S(=O)(=O)c1ccc2ccccc2c1. The predicted molar refractivity (Wildman–Crippen MR) is 100 cm³/mol. The lowest BCUT2D eigenvalue weighted by Gasteiger charge is -2.28. The van der Waals surface area contributed by atoms with Gasteiger partial charge in [-0.25, -0.2) is 8.42 Å². The van der Waals surface area contributed by atoms with Crippen LogP contribution in [0.25, 0.3) is 10.8 Å². The molecule has 1 aliphatic heterocycles. The fourth-order valence-corrected chi connectivity index (χ4v) is 5.19. The van der Waals surface area contributed by atoms with Crippen LogP contribution in [0.2, 0.25) is 0 Å². The lowest BCUT2D eigenvalue weighted by molar-refractivity contribution is 0.151. The first-order valence-corrected chi connectivity index (χ1v) is 10.1. The summed E-state index contributed by atoms with van der Waals surface area (Å²) in [6.45, 7) is 2.78. The van der Waals surface area contributed by atoms with Crippen molar-refractivity contribution in [3.05, 3.63) is 42.5 Å². The lowest BCUT2D eigenvalue weighted by Crippen LogP contribution is -2.42. The molecule has 0 amide bonds. The summed E-state index contributed by atoms with van der Waals surface area (Å²) in [6, 6.07) is 13.3. The van der Waals surface area contributed by atoms with E-state index >= 15 is 0 Å². The van der Waals surface area contributed by atoms with Crippen molar-refractivity contribution in [3.63, 3.8) is 0 Å². The number of sulfonamides is 1. The molecule has 1 aliphatic rings. The number of nitrogens with zero attached hydrogens (tertiary/aromatic N) is 2. The van der Waals surface area contributed by atoms with Gasteiger partial charge >= 0.3 is 0 Å². The molecule has 1 saturated heterocycles. The Morgan fingerprint density at radius 3 is 2.72 bits per heavy atom. The van der Waals surface area contributed by atoms with Gasteiger partial charge in [-0.05, 0) is 42.8 Å². The molecule has 6 heteroatoms. The molecule has 3 rings (SSSR count). The number of benzene rings is 2. The summed E-state index contributed by atoms with van der Waals surface area (Å²) in [6.07, 6.45) is 1.82. The number of hydrogen-bond acceptors (Lipinski definition) is 4. The van der Waals surface area contributed by atoms with E-state index in [2.05, 4.69) is 4.90 Å². The van der Waals surface area contributed by atoms with Crippen LogP contribution in [0.1, 0.15) is 12.8 Å². The minimum Gasteiger partial charge on any atom is -0.383 e. The van der Waals surface area contributed by atoms with E-state index in [1.165, 1.54) is 0 Å². The van der Waals surface area contributed by atoms with E-state index in [1.54, 1.807) is 23.5 Å². The fraction of sp³-hybridized carbons (Fsp3) is 0.474. The van der Waals surface area contributed by atoms with Crippen LogP contribution >= 0.6 is 0 Å². The maximum atomic E-state index is 13.2. The van der Waals surface area contributed by atoms with Crippen molar-refractivity contribution in [1.29, 1.82) is 0 Å². The third-order valence-corrected chi connectivity index (χ3v) is 6.80. The van der Waals surface area contributed by atoms with Crippen LogP contribution < -0.4 is 0 Å². The molecule has 0 N–H and O–H groups in total. The number of ether oxygens (including phenoxy) is 1. The van der Waals surface area contributed by atoms with E-state index in [0.29, 0.717) is 18.0 Å². The molecule has 0 radical (unpaired) electrons. The van der Waals surface area contributed by atoms with Gasteiger partial charge in [0, 0.05) is 32.8 Å². The van der Waals surface area contributed by atoms with Crippen LogP contribution in [0.4, 0.5) is 0 Å². The van der Waals surface area contributed by atoms with Crippen molar-refractivity contribution >= 4 is 20.8 Å². The number of methoxy groups -OCH3 is 1. The predicted octanol–water partition coefficient (Wildman–Crippen LogP) is 2.57. The summed E-state index contributed by atoms with van der Waals surface area (Å²) in [5.74, 6) is 0. The van der Waals surface area contributed by atoms with Crippen LogP contribution in [0.3, 0.4) is 0 Å².